The summed E-state index contributed by atoms with van der Waals surface area (Å²) in [6.07, 6.45) is 3.58. The molecule has 0 saturated carbocycles. The number of non-ortho nitro benzene ring substituents is 1. The van der Waals surface area contributed by atoms with Crippen LogP contribution in [0.4, 0.5) is 5.69 Å². The molecule has 1 unspecified atom stereocenters. The first-order chi connectivity index (χ1) is 11.6. The number of nitro benzene ring substituents is 1. The maximum absolute atomic E-state index is 12.2. The molecule has 24 heavy (non-hydrogen) atoms. The van der Waals surface area contributed by atoms with Crippen LogP contribution in [0.1, 0.15) is 36.7 Å². The number of carbonyl (C=O) groups is 1. The molecule has 1 aliphatic rings. The van der Waals surface area contributed by atoms with Crippen molar-refractivity contribution in [1.82, 2.24) is 10.1 Å². The van der Waals surface area contributed by atoms with Gasteiger partial charge in [-0.05, 0) is 32.4 Å². The molecule has 3 rings (SSSR count). The lowest BCUT2D eigenvalue weighted by Gasteiger charge is -2.32. The lowest BCUT2D eigenvalue weighted by molar-refractivity contribution is -0.384. The third kappa shape index (κ3) is 3.38. The minimum atomic E-state index is -0.577. The summed E-state index contributed by atoms with van der Waals surface area (Å²) in [4.78, 5) is 24.7. The minimum Gasteiger partial charge on any atom is -0.459 e. The van der Waals surface area contributed by atoms with Crippen molar-refractivity contribution < 1.29 is 19.0 Å². The number of rotatable bonds is 5. The number of hydrogen-bond acceptors (Lipinski definition) is 7. The van der Waals surface area contributed by atoms with E-state index in [-0.39, 0.29) is 23.6 Å². The molecule has 0 N–H and O–H groups in total. The van der Waals surface area contributed by atoms with Crippen molar-refractivity contribution in [3.05, 3.63) is 34.0 Å². The van der Waals surface area contributed by atoms with Crippen LogP contribution in [0.2, 0.25) is 0 Å². The second-order valence-electron chi connectivity index (χ2n) is 5.99. The van der Waals surface area contributed by atoms with Crippen molar-refractivity contribution in [2.24, 2.45) is 0 Å². The van der Waals surface area contributed by atoms with Crippen molar-refractivity contribution in [3.63, 3.8) is 0 Å². The van der Waals surface area contributed by atoms with E-state index in [1.165, 1.54) is 37.5 Å². The molecule has 1 fully saturated rings. The van der Waals surface area contributed by atoms with E-state index < -0.39 is 10.9 Å². The lowest BCUT2D eigenvalue weighted by atomic mass is 10.0. The Hall–Kier alpha value is -2.48. The Balaban J connectivity index is 1.62. The van der Waals surface area contributed by atoms with Crippen LogP contribution in [-0.2, 0) is 4.74 Å². The van der Waals surface area contributed by atoms with Gasteiger partial charge in [0.05, 0.1) is 16.4 Å². The molecule has 0 aliphatic carbocycles. The summed E-state index contributed by atoms with van der Waals surface area (Å²) in [5.74, 6) is -0.577. The van der Waals surface area contributed by atoms with Crippen molar-refractivity contribution in [2.45, 2.75) is 32.2 Å². The highest BCUT2D eigenvalue weighted by Gasteiger charge is 2.21. The Morgan fingerprint density at radius 3 is 3.08 bits per heavy atom. The zero-order chi connectivity index (χ0) is 17.1. The molecule has 2 heterocycles. The van der Waals surface area contributed by atoms with Crippen molar-refractivity contribution in [2.75, 3.05) is 19.7 Å². The van der Waals surface area contributed by atoms with E-state index in [9.17, 15) is 14.9 Å². The normalized spacial score (nSPS) is 18.6. The zero-order valence-electron chi connectivity index (χ0n) is 13.4. The molecule has 8 heteroatoms. The monoisotopic (exact) mass is 333 g/mol. The number of fused-ring (bicyclic) bond motifs is 1. The fourth-order valence-corrected chi connectivity index (χ4v) is 3.00. The summed E-state index contributed by atoms with van der Waals surface area (Å²) >= 11 is 0. The van der Waals surface area contributed by atoms with Gasteiger partial charge in [0.2, 0.25) is 0 Å². The first kappa shape index (κ1) is 16.4. The number of hydrogen-bond donors (Lipinski definition) is 0. The van der Waals surface area contributed by atoms with Crippen LogP contribution in [-0.4, -0.2) is 46.7 Å². The number of benzene rings is 1. The topological polar surface area (TPSA) is 98.7 Å². The Labute approximate surface area is 138 Å². The average Bonchev–Trinajstić information content (AvgIpc) is 2.99. The minimum absolute atomic E-state index is 0.0478. The van der Waals surface area contributed by atoms with E-state index in [2.05, 4.69) is 17.0 Å². The third-order valence-electron chi connectivity index (χ3n) is 4.41. The number of nitro groups is 1. The number of likely N-dealkylation sites (tertiary alicyclic amines) is 1. The van der Waals surface area contributed by atoms with Gasteiger partial charge in [-0.3, -0.25) is 15.0 Å². The quantitative estimate of drug-likeness (QED) is 0.471. The van der Waals surface area contributed by atoms with E-state index in [1.54, 1.807) is 0 Å². The van der Waals surface area contributed by atoms with Gasteiger partial charge in [0, 0.05) is 18.7 Å². The van der Waals surface area contributed by atoms with E-state index in [0.29, 0.717) is 18.0 Å². The number of piperidine rings is 1. The van der Waals surface area contributed by atoms with Crippen molar-refractivity contribution in [1.29, 1.82) is 0 Å². The SMILES string of the molecule is CC1CCCCN1CCOC(=O)c1noc2cc([N+](=O)[O-])ccc12. The fraction of sp³-hybridized carbons (Fsp3) is 0.500. The molecule has 1 aromatic carbocycles. The van der Waals surface area contributed by atoms with E-state index in [0.717, 1.165) is 6.54 Å². The maximum Gasteiger partial charge on any atom is 0.361 e. The van der Waals surface area contributed by atoms with E-state index >= 15 is 0 Å². The first-order valence-electron chi connectivity index (χ1n) is 8.01. The summed E-state index contributed by atoms with van der Waals surface area (Å²) in [6.45, 7) is 4.17. The van der Waals surface area contributed by atoms with Gasteiger partial charge in [-0.2, -0.15) is 0 Å². The Morgan fingerprint density at radius 2 is 2.33 bits per heavy atom. The Kier molecular flexibility index (Phi) is 4.75. The fourth-order valence-electron chi connectivity index (χ4n) is 3.00. The molecular formula is C16H19N3O5. The molecule has 2 aromatic rings. The smallest absolute Gasteiger partial charge is 0.361 e. The number of nitrogens with zero attached hydrogens (tertiary/aromatic N) is 3. The van der Waals surface area contributed by atoms with Gasteiger partial charge in [0.25, 0.3) is 5.69 Å². The molecule has 1 aliphatic heterocycles. The van der Waals surface area contributed by atoms with Crippen LogP contribution in [0, 0.1) is 10.1 Å². The molecular weight excluding hydrogens is 314 g/mol. The zero-order valence-corrected chi connectivity index (χ0v) is 13.4. The van der Waals surface area contributed by atoms with Gasteiger partial charge in [0.1, 0.15) is 6.61 Å². The Bertz CT molecular complexity index is 757. The first-order valence-corrected chi connectivity index (χ1v) is 8.01. The summed E-state index contributed by atoms with van der Waals surface area (Å²) in [5.41, 5.74) is 0.130. The number of aromatic nitrogens is 1. The van der Waals surface area contributed by atoms with Crippen LogP contribution >= 0.6 is 0 Å². The van der Waals surface area contributed by atoms with Gasteiger partial charge in [-0.1, -0.05) is 11.6 Å². The maximum atomic E-state index is 12.2. The van der Waals surface area contributed by atoms with E-state index in [1.807, 2.05) is 0 Å². The summed E-state index contributed by atoms with van der Waals surface area (Å²) in [5, 5.41) is 14.9. The highest BCUT2D eigenvalue weighted by atomic mass is 16.6. The summed E-state index contributed by atoms with van der Waals surface area (Å²) < 4.78 is 10.3. The molecule has 1 atom stereocenters. The average molecular weight is 333 g/mol. The summed E-state index contributed by atoms with van der Waals surface area (Å²) in [7, 11) is 0. The largest absolute Gasteiger partial charge is 0.459 e. The van der Waals surface area contributed by atoms with Crippen LogP contribution < -0.4 is 0 Å². The highest BCUT2D eigenvalue weighted by Crippen LogP contribution is 2.24. The van der Waals surface area contributed by atoms with Crippen LogP contribution in [0.15, 0.2) is 22.7 Å². The number of ether oxygens (including phenoxy) is 1. The second-order valence-corrected chi connectivity index (χ2v) is 5.99. The summed E-state index contributed by atoms with van der Waals surface area (Å²) in [6, 6.07) is 4.51. The molecule has 1 aromatic heterocycles. The molecule has 8 nitrogen and oxygen atoms in total. The van der Waals surface area contributed by atoms with Gasteiger partial charge in [-0.25, -0.2) is 4.79 Å². The highest BCUT2D eigenvalue weighted by molar-refractivity contribution is 6.01. The second kappa shape index (κ2) is 6.96. The predicted molar refractivity (Wildman–Crippen MR) is 85.8 cm³/mol. The van der Waals surface area contributed by atoms with Crippen molar-refractivity contribution in [3.8, 4) is 0 Å². The van der Waals surface area contributed by atoms with Crippen LogP contribution in [0.5, 0.6) is 0 Å². The van der Waals surface area contributed by atoms with Gasteiger partial charge in [-0.15, -0.1) is 0 Å². The lowest BCUT2D eigenvalue weighted by Crippen LogP contribution is -2.39. The van der Waals surface area contributed by atoms with E-state index in [4.69, 9.17) is 9.26 Å². The number of carbonyl (C=O) groups excluding carboxylic acids is 1. The predicted octanol–water partition coefficient (Wildman–Crippen LogP) is 2.77. The van der Waals surface area contributed by atoms with Crippen molar-refractivity contribution >= 4 is 22.6 Å². The molecule has 0 radical (unpaired) electrons. The Morgan fingerprint density at radius 1 is 1.50 bits per heavy atom. The van der Waals surface area contributed by atoms with Crippen LogP contribution in [0.25, 0.3) is 11.0 Å². The van der Waals surface area contributed by atoms with Gasteiger partial charge < -0.3 is 9.26 Å². The molecule has 0 bridgehead atoms. The molecule has 0 amide bonds. The van der Waals surface area contributed by atoms with Crippen LogP contribution in [0.3, 0.4) is 0 Å². The third-order valence-corrected chi connectivity index (χ3v) is 4.41. The molecule has 0 spiro atoms. The molecule has 128 valence electrons. The van der Waals surface area contributed by atoms with Gasteiger partial charge in [0.15, 0.2) is 11.3 Å². The standard InChI is InChI=1S/C16H19N3O5/c1-11-4-2-3-7-18(11)8-9-23-16(20)15-13-6-5-12(19(21)22)10-14(13)24-17-15/h5-6,10-11H,2-4,7-9H2,1H3. The molecule has 1 saturated heterocycles. The number of esters is 1. The van der Waals surface area contributed by atoms with Gasteiger partial charge >= 0.3 is 5.97 Å².